The number of nitrogens with one attached hydrogen (secondary N) is 1. The highest BCUT2D eigenvalue weighted by Gasteiger charge is 2.31. The molecule has 1 aromatic carbocycles. The molecule has 0 aliphatic carbocycles. The molecule has 168 valence electrons. The average molecular weight is 467 g/mol. The second kappa shape index (κ2) is 9.17. The van der Waals surface area contributed by atoms with E-state index in [2.05, 4.69) is 20.1 Å². The van der Waals surface area contributed by atoms with Crippen LogP contribution in [0.4, 0.5) is 18.9 Å². The molecule has 1 saturated heterocycles. The maximum absolute atomic E-state index is 12.7. The molecule has 32 heavy (non-hydrogen) atoms. The molecule has 1 unspecified atom stereocenters. The van der Waals surface area contributed by atoms with E-state index in [4.69, 9.17) is 16.3 Å². The van der Waals surface area contributed by atoms with E-state index in [1.165, 1.54) is 18.3 Å². The lowest BCUT2D eigenvalue weighted by Crippen LogP contribution is -2.20. The third-order valence-electron chi connectivity index (χ3n) is 4.82. The largest absolute Gasteiger partial charge is 0.573 e. The van der Waals surface area contributed by atoms with Crippen molar-refractivity contribution in [3.63, 3.8) is 0 Å². The Kier molecular flexibility index (Phi) is 6.33. The normalized spacial score (nSPS) is 16.6. The maximum atomic E-state index is 12.7. The number of benzene rings is 1. The average Bonchev–Trinajstić information content (AvgIpc) is 3.25. The maximum Gasteiger partial charge on any atom is 0.573 e. The number of alkyl halides is 3. The van der Waals surface area contributed by atoms with Crippen molar-refractivity contribution < 1.29 is 27.4 Å². The predicted octanol–water partition coefficient (Wildman–Crippen LogP) is 5.45. The van der Waals surface area contributed by atoms with E-state index in [0.717, 1.165) is 31.4 Å². The van der Waals surface area contributed by atoms with Gasteiger partial charge in [-0.2, -0.15) is 5.10 Å². The number of amides is 1. The van der Waals surface area contributed by atoms with Gasteiger partial charge in [0, 0.05) is 30.3 Å². The van der Waals surface area contributed by atoms with Crippen LogP contribution >= 0.6 is 11.6 Å². The van der Waals surface area contributed by atoms with E-state index in [0.29, 0.717) is 23.6 Å². The fraction of sp³-hybridized carbons (Fsp3) is 0.286. The first-order valence-electron chi connectivity index (χ1n) is 9.78. The Balaban J connectivity index is 1.53. The molecule has 2 aromatic heterocycles. The Morgan fingerprint density at radius 1 is 1.22 bits per heavy atom. The second-order valence-corrected chi connectivity index (χ2v) is 7.43. The van der Waals surface area contributed by atoms with Crippen molar-refractivity contribution in [2.75, 3.05) is 11.9 Å². The summed E-state index contributed by atoms with van der Waals surface area (Å²) in [6, 6.07) is 8.18. The van der Waals surface area contributed by atoms with Gasteiger partial charge in [-0.1, -0.05) is 11.6 Å². The molecule has 0 radical (unpaired) electrons. The summed E-state index contributed by atoms with van der Waals surface area (Å²) in [7, 11) is 0. The molecule has 3 aromatic rings. The van der Waals surface area contributed by atoms with E-state index in [1.54, 1.807) is 23.0 Å². The van der Waals surface area contributed by atoms with Crippen LogP contribution in [-0.2, 0) is 4.74 Å². The third kappa shape index (κ3) is 5.20. The quantitative estimate of drug-likeness (QED) is 0.506. The van der Waals surface area contributed by atoms with Gasteiger partial charge in [0.2, 0.25) is 0 Å². The molecule has 0 spiro atoms. The van der Waals surface area contributed by atoms with E-state index >= 15 is 0 Å². The molecule has 1 aliphatic rings. The summed E-state index contributed by atoms with van der Waals surface area (Å²) in [6.45, 7) is 0.644. The minimum Gasteiger partial charge on any atom is -0.406 e. The van der Waals surface area contributed by atoms with Gasteiger partial charge in [-0.25, -0.2) is 9.67 Å². The molecular weight excluding hydrogens is 449 g/mol. The molecule has 0 saturated carbocycles. The Labute approximate surface area is 186 Å². The summed E-state index contributed by atoms with van der Waals surface area (Å²) in [5.41, 5.74) is 1.69. The van der Waals surface area contributed by atoms with Crippen molar-refractivity contribution in [3.05, 3.63) is 59.5 Å². The first-order chi connectivity index (χ1) is 15.3. The fourth-order valence-corrected chi connectivity index (χ4v) is 3.57. The smallest absolute Gasteiger partial charge is 0.406 e. The topological polar surface area (TPSA) is 78.3 Å². The molecular formula is C21H18ClF3N4O3. The summed E-state index contributed by atoms with van der Waals surface area (Å²) >= 11 is 6.30. The van der Waals surface area contributed by atoms with Crippen LogP contribution in [0.2, 0.25) is 5.15 Å². The highest BCUT2D eigenvalue weighted by atomic mass is 35.5. The molecule has 7 nitrogen and oxygen atoms in total. The summed E-state index contributed by atoms with van der Waals surface area (Å²) < 4.78 is 48.2. The molecule has 0 bridgehead atoms. The summed E-state index contributed by atoms with van der Waals surface area (Å²) in [5.74, 6) is -0.885. The monoisotopic (exact) mass is 466 g/mol. The number of pyridine rings is 1. The van der Waals surface area contributed by atoms with E-state index in [9.17, 15) is 18.0 Å². The Morgan fingerprint density at radius 2 is 2.00 bits per heavy atom. The van der Waals surface area contributed by atoms with Crippen molar-refractivity contribution >= 4 is 23.2 Å². The van der Waals surface area contributed by atoms with Crippen LogP contribution in [0.25, 0.3) is 11.3 Å². The zero-order valence-electron chi connectivity index (χ0n) is 16.6. The van der Waals surface area contributed by atoms with Gasteiger partial charge in [-0.15, -0.1) is 13.2 Å². The highest BCUT2D eigenvalue weighted by Crippen LogP contribution is 2.32. The lowest BCUT2D eigenvalue weighted by Gasteiger charge is -2.24. The molecule has 1 fully saturated rings. The molecule has 1 aliphatic heterocycles. The number of halogens is 4. The van der Waals surface area contributed by atoms with Crippen LogP contribution in [0, 0.1) is 0 Å². The van der Waals surface area contributed by atoms with Crippen LogP contribution in [-0.4, -0.2) is 33.6 Å². The van der Waals surface area contributed by atoms with Gasteiger partial charge >= 0.3 is 6.36 Å². The summed E-state index contributed by atoms with van der Waals surface area (Å²) in [4.78, 5) is 16.8. The molecule has 1 amide bonds. The molecule has 1 N–H and O–H groups in total. The van der Waals surface area contributed by atoms with Gasteiger partial charge in [-0.3, -0.25) is 4.79 Å². The van der Waals surface area contributed by atoms with Crippen molar-refractivity contribution in [2.24, 2.45) is 0 Å². The number of anilines is 1. The number of hydrogen-bond acceptors (Lipinski definition) is 5. The van der Waals surface area contributed by atoms with Gasteiger partial charge in [0.1, 0.15) is 10.9 Å². The lowest BCUT2D eigenvalue weighted by molar-refractivity contribution is -0.274. The van der Waals surface area contributed by atoms with Crippen LogP contribution in [0.15, 0.2) is 48.8 Å². The van der Waals surface area contributed by atoms with Gasteiger partial charge in [0.15, 0.2) is 6.23 Å². The van der Waals surface area contributed by atoms with Crippen LogP contribution in [0.3, 0.4) is 0 Å². The standard InChI is InChI=1S/C21H18ClF3N4O3/c22-19-16(17-8-9-27-29(17)18-3-1-2-10-31-18)11-13(12-26-19)20(30)28-14-4-6-15(7-5-14)32-21(23,24)25/h4-9,11-12,18H,1-3,10H2,(H,28,30). The minimum absolute atomic E-state index is 0.202. The number of carbonyl (C=O) groups is 1. The molecule has 11 heteroatoms. The lowest BCUT2D eigenvalue weighted by atomic mass is 10.1. The number of nitrogens with zero attached hydrogens (tertiary/aromatic N) is 3. The van der Waals surface area contributed by atoms with Gasteiger partial charge in [0.05, 0.1) is 11.3 Å². The van der Waals surface area contributed by atoms with Gasteiger partial charge < -0.3 is 14.8 Å². The number of ether oxygens (including phenoxy) is 2. The van der Waals surface area contributed by atoms with Crippen molar-refractivity contribution in [3.8, 4) is 17.0 Å². The number of rotatable bonds is 5. The highest BCUT2D eigenvalue weighted by molar-refractivity contribution is 6.32. The van der Waals surface area contributed by atoms with Crippen molar-refractivity contribution in [2.45, 2.75) is 31.9 Å². The van der Waals surface area contributed by atoms with Gasteiger partial charge in [-0.05, 0) is 55.7 Å². The van der Waals surface area contributed by atoms with Crippen LogP contribution in [0.1, 0.15) is 35.8 Å². The number of aromatic nitrogens is 3. The molecule has 3 heterocycles. The van der Waals surface area contributed by atoms with Crippen molar-refractivity contribution in [1.82, 2.24) is 14.8 Å². The zero-order chi connectivity index (χ0) is 22.7. The Hall–Kier alpha value is -3.11. The SMILES string of the molecule is O=C(Nc1ccc(OC(F)(F)F)cc1)c1cnc(Cl)c(-c2ccnn2C2CCCCO2)c1. The zero-order valence-corrected chi connectivity index (χ0v) is 17.4. The van der Waals surface area contributed by atoms with E-state index in [-0.39, 0.29) is 22.7 Å². The molecule has 4 rings (SSSR count). The summed E-state index contributed by atoms with van der Waals surface area (Å²) in [6.07, 6.45) is 0.764. The Bertz CT molecular complexity index is 1100. The third-order valence-corrected chi connectivity index (χ3v) is 5.12. The van der Waals surface area contributed by atoms with Crippen LogP contribution in [0.5, 0.6) is 5.75 Å². The van der Waals surface area contributed by atoms with Crippen molar-refractivity contribution in [1.29, 1.82) is 0 Å². The predicted molar refractivity (Wildman–Crippen MR) is 110 cm³/mol. The van der Waals surface area contributed by atoms with Crippen LogP contribution < -0.4 is 10.1 Å². The Morgan fingerprint density at radius 3 is 2.69 bits per heavy atom. The van der Waals surface area contributed by atoms with Gasteiger partial charge in [0.25, 0.3) is 5.91 Å². The summed E-state index contributed by atoms with van der Waals surface area (Å²) in [5, 5.41) is 7.16. The first-order valence-corrected chi connectivity index (χ1v) is 10.2. The number of hydrogen-bond donors (Lipinski definition) is 1. The minimum atomic E-state index is -4.79. The first kappa shape index (κ1) is 22.1. The molecule has 1 atom stereocenters. The second-order valence-electron chi connectivity index (χ2n) is 7.07. The fourth-order valence-electron chi connectivity index (χ4n) is 3.37. The number of carbonyl (C=O) groups excluding carboxylic acids is 1. The van der Waals surface area contributed by atoms with E-state index < -0.39 is 12.3 Å². The van der Waals surface area contributed by atoms with E-state index in [1.807, 2.05) is 0 Å².